The third-order valence-electron chi connectivity index (χ3n) is 3.46. The van der Waals surface area contributed by atoms with Gasteiger partial charge in [0.1, 0.15) is 0 Å². The van der Waals surface area contributed by atoms with E-state index in [1.54, 1.807) is 0 Å². The highest BCUT2D eigenvalue weighted by molar-refractivity contribution is 5.05. The fourth-order valence-electron chi connectivity index (χ4n) is 3.14. The van der Waals surface area contributed by atoms with Crippen molar-refractivity contribution in [1.29, 1.82) is 0 Å². The Labute approximate surface area is 88.3 Å². The van der Waals surface area contributed by atoms with Crippen molar-refractivity contribution in [2.24, 2.45) is 5.41 Å². The Hall–Kier alpha value is -0.0800. The molecule has 2 fully saturated rings. The third-order valence-corrected chi connectivity index (χ3v) is 3.46. The molecule has 2 heterocycles. The van der Waals surface area contributed by atoms with E-state index in [0.29, 0.717) is 12.0 Å². The van der Waals surface area contributed by atoms with Crippen LogP contribution in [0, 0.1) is 5.41 Å². The van der Waals surface area contributed by atoms with Crippen molar-refractivity contribution in [3.63, 3.8) is 0 Å². The summed E-state index contributed by atoms with van der Waals surface area (Å²) in [6, 6.07) is 0. The van der Waals surface area contributed by atoms with Crippen LogP contribution in [-0.2, 0) is 0 Å². The number of nitrogens with zero attached hydrogens (tertiary/aromatic N) is 1. The average molecular weight is 199 g/mol. The molecular formula is C12H25NO. The van der Waals surface area contributed by atoms with Gasteiger partial charge in [-0.3, -0.25) is 4.90 Å². The van der Waals surface area contributed by atoms with Gasteiger partial charge >= 0.3 is 0 Å². The number of hydrogen-bond acceptors (Lipinski definition) is 2. The number of aliphatic hydroxyl groups excluding tert-OH is 1. The minimum Gasteiger partial charge on any atom is -0.394 e. The van der Waals surface area contributed by atoms with E-state index in [0.717, 1.165) is 0 Å². The van der Waals surface area contributed by atoms with E-state index in [4.69, 9.17) is 0 Å². The Morgan fingerprint density at radius 3 is 2.43 bits per heavy atom. The van der Waals surface area contributed by atoms with E-state index < -0.39 is 0 Å². The Balaban J connectivity index is 0.000000461. The van der Waals surface area contributed by atoms with Crippen LogP contribution in [0.5, 0.6) is 0 Å². The van der Waals surface area contributed by atoms with Crippen LogP contribution in [0.15, 0.2) is 0 Å². The van der Waals surface area contributed by atoms with Crippen LogP contribution in [0.25, 0.3) is 0 Å². The molecule has 0 aromatic carbocycles. The summed E-state index contributed by atoms with van der Waals surface area (Å²) < 4.78 is 0. The third kappa shape index (κ3) is 1.96. The maximum atomic E-state index is 9.42. The van der Waals surface area contributed by atoms with Crippen molar-refractivity contribution >= 4 is 0 Å². The molecule has 2 aliphatic rings. The smallest absolute Gasteiger partial charge is 0.0615 e. The molecule has 0 aromatic heterocycles. The highest BCUT2D eigenvalue weighted by atomic mass is 16.3. The molecule has 0 bridgehead atoms. The highest BCUT2D eigenvalue weighted by Crippen LogP contribution is 2.46. The summed E-state index contributed by atoms with van der Waals surface area (Å²) in [5, 5.41) is 9.42. The normalized spacial score (nSPS) is 34.9. The van der Waals surface area contributed by atoms with Crippen molar-refractivity contribution < 1.29 is 5.11 Å². The molecule has 2 heteroatoms. The topological polar surface area (TPSA) is 23.5 Å². The minimum absolute atomic E-state index is 0.170. The van der Waals surface area contributed by atoms with Gasteiger partial charge in [0.2, 0.25) is 0 Å². The summed E-state index contributed by atoms with van der Waals surface area (Å²) in [5.41, 5.74) is 0.590. The fraction of sp³-hybridized carbons (Fsp3) is 1.00. The van der Waals surface area contributed by atoms with Crippen LogP contribution in [-0.4, -0.2) is 35.2 Å². The lowest BCUT2D eigenvalue weighted by atomic mass is 9.83. The minimum atomic E-state index is 0.170. The maximum Gasteiger partial charge on any atom is 0.0615 e. The van der Waals surface area contributed by atoms with Gasteiger partial charge in [-0.25, -0.2) is 0 Å². The average Bonchev–Trinajstić information content (AvgIpc) is 2.61. The van der Waals surface area contributed by atoms with Crippen molar-refractivity contribution in [2.45, 2.75) is 52.5 Å². The van der Waals surface area contributed by atoms with Gasteiger partial charge in [-0.1, -0.05) is 27.7 Å². The zero-order valence-electron chi connectivity index (χ0n) is 10.1. The largest absolute Gasteiger partial charge is 0.394 e. The lowest BCUT2D eigenvalue weighted by molar-refractivity contribution is 0.0995. The molecule has 0 radical (unpaired) electrons. The van der Waals surface area contributed by atoms with Gasteiger partial charge in [0, 0.05) is 12.1 Å². The van der Waals surface area contributed by atoms with Crippen LogP contribution in [0.4, 0.5) is 0 Å². The first-order valence-electron chi connectivity index (χ1n) is 5.94. The predicted octanol–water partition coefficient (Wildman–Crippen LogP) is 2.27. The van der Waals surface area contributed by atoms with E-state index in [1.165, 1.54) is 32.4 Å². The van der Waals surface area contributed by atoms with Gasteiger partial charge < -0.3 is 5.11 Å². The Bertz CT molecular complexity index is 191. The molecular weight excluding hydrogens is 174 g/mol. The van der Waals surface area contributed by atoms with Gasteiger partial charge in [-0.2, -0.15) is 0 Å². The maximum absolute atomic E-state index is 9.42. The van der Waals surface area contributed by atoms with Crippen LogP contribution in [0.1, 0.15) is 47.0 Å². The van der Waals surface area contributed by atoms with Crippen molar-refractivity contribution in [3.8, 4) is 0 Å². The van der Waals surface area contributed by atoms with Crippen molar-refractivity contribution in [2.75, 3.05) is 19.7 Å². The lowest BCUT2D eigenvalue weighted by Crippen LogP contribution is -2.41. The Morgan fingerprint density at radius 2 is 1.93 bits per heavy atom. The molecule has 0 aliphatic carbocycles. The second-order valence-corrected chi connectivity index (χ2v) is 5.25. The van der Waals surface area contributed by atoms with Crippen LogP contribution >= 0.6 is 0 Å². The Kier molecular flexibility index (Phi) is 3.59. The summed E-state index contributed by atoms with van der Waals surface area (Å²) in [6.07, 6.45) is 3.65. The number of rotatable bonds is 1. The van der Waals surface area contributed by atoms with E-state index in [-0.39, 0.29) is 5.54 Å². The first-order valence-corrected chi connectivity index (χ1v) is 5.94. The van der Waals surface area contributed by atoms with Crippen molar-refractivity contribution in [3.05, 3.63) is 0 Å². The molecule has 0 saturated carbocycles. The number of fused-ring (bicyclic) bond motifs is 1. The van der Waals surface area contributed by atoms with E-state index in [2.05, 4.69) is 18.7 Å². The molecule has 1 atom stereocenters. The summed E-state index contributed by atoms with van der Waals surface area (Å²) in [6.45, 7) is 11.3. The summed E-state index contributed by atoms with van der Waals surface area (Å²) in [7, 11) is 0. The molecule has 2 rings (SSSR count). The van der Waals surface area contributed by atoms with Gasteiger partial charge in [0.05, 0.1) is 6.61 Å². The molecule has 0 unspecified atom stereocenters. The molecule has 84 valence electrons. The fourth-order valence-corrected chi connectivity index (χ4v) is 3.14. The SMILES string of the molecule is CC.CC1(C)CN2CCC[C@@]2(CO)C1. The molecule has 0 aromatic rings. The van der Waals surface area contributed by atoms with Gasteiger partial charge in [-0.05, 0) is 31.2 Å². The van der Waals surface area contributed by atoms with Gasteiger partial charge in [-0.15, -0.1) is 0 Å². The summed E-state index contributed by atoms with van der Waals surface area (Å²) in [4.78, 5) is 2.49. The van der Waals surface area contributed by atoms with Crippen LogP contribution in [0.3, 0.4) is 0 Å². The highest BCUT2D eigenvalue weighted by Gasteiger charge is 2.50. The quantitative estimate of drug-likeness (QED) is 0.700. The molecule has 14 heavy (non-hydrogen) atoms. The molecule has 2 nitrogen and oxygen atoms in total. The lowest BCUT2D eigenvalue weighted by Gasteiger charge is -2.29. The van der Waals surface area contributed by atoms with E-state index in [1.807, 2.05) is 13.8 Å². The van der Waals surface area contributed by atoms with Crippen LogP contribution < -0.4 is 0 Å². The standard InChI is InChI=1S/C10H19NO.C2H6/c1-9(2)6-10(8-12)4-3-5-11(10)7-9;1-2/h12H,3-8H2,1-2H3;1-2H3/t10-;/m0./s1. The predicted molar refractivity (Wildman–Crippen MR) is 60.4 cm³/mol. The molecule has 0 amide bonds. The zero-order valence-corrected chi connectivity index (χ0v) is 10.1. The van der Waals surface area contributed by atoms with Gasteiger partial charge in [0.15, 0.2) is 0 Å². The summed E-state index contributed by atoms with van der Waals surface area (Å²) in [5.74, 6) is 0. The molecule has 1 N–H and O–H groups in total. The number of hydrogen-bond donors (Lipinski definition) is 1. The zero-order chi connectivity index (χ0) is 10.8. The second-order valence-electron chi connectivity index (χ2n) is 5.25. The van der Waals surface area contributed by atoms with Crippen LogP contribution in [0.2, 0.25) is 0 Å². The summed E-state index contributed by atoms with van der Waals surface area (Å²) >= 11 is 0. The molecule has 2 saturated heterocycles. The number of aliphatic hydroxyl groups is 1. The Morgan fingerprint density at radius 1 is 1.29 bits per heavy atom. The van der Waals surface area contributed by atoms with E-state index >= 15 is 0 Å². The van der Waals surface area contributed by atoms with Gasteiger partial charge in [0.25, 0.3) is 0 Å². The second kappa shape index (κ2) is 4.19. The monoisotopic (exact) mass is 199 g/mol. The first kappa shape index (κ1) is 12.0. The first-order chi connectivity index (χ1) is 6.58. The molecule has 0 spiro atoms. The molecule has 2 aliphatic heterocycles. The van der Waals surface area contributed by atoms with Crippen molar-refractivity contribution in [1.82, 2.24) is 4.90 Å². The van der Waals surface area contributed by atoms with E-state index in [9.17, 15) is 5.11 Å².